The van der Waals surface area contributed by atoms with Crippen LogP contribution in [0.3, 0.4) is 0 Å². The first-order valence-electron chi connectivity index (χ1n) is 5.65. The lowest BCUT2D eigenvalue weighted by Gasteiger charge is -2.50. The highest BCUT2D eigenvalue weighted by molar-refractivity contribution is 5.91. The van der Waals surface area contributed by atoms with E-state index in [1.165, 1.54) is 0 Å². The van der Waals surface area contributed by atoms with E-state index in [0.29, 0.717) is 13.1 Å². The lowest BCUT2D eigenvalue weighted by molar-refractivity contribution is -0.0300. The molecule has 1 amide bonds. The fraction of sp³-hybridized carbons (Fsp3) is 0.500. The summed E-state index contributed by atoms with van der Waals surface area (Å²) in [5, 5.41) is 10.1. The summed E-state index contributed by atoms with van der Waals surface area (Å²) in [5.74, 6) is -0.317. The van der Waals surface area contributed by atoms with Gasteiger partial charge in [-0.15, -0.1) is 0 Å². The van der Waals surface area contributed by atoms with Crippen LogP contribution in [0, 0.1) is 5.92 Å². The Hall–Kier alpha value is -1.62. The molecule has 1 fully saturated rings. The number of β-amino-alcohol motifs (C(OH)–C–C–N with tert-alkyl or cyclic N) is 1. The molecule has 0 spiro atoms. The number of pyridine rings is 1. The van der Waals surface area contributed by atoms with Crippen LogP contribution in [0.5, 0.6) is 0 Å². The van der Waals surface area contributed by atoms with Crippen molar-refractivity contribution in [2.45, 2.75) is 19.4 Å². The number of hydrogen-bond acceptors (Lipinski definition) is 4. The zero-order valence-corrected chi connectivity index (χ0v) is 10.1. The van der Waals surface area contributed by atoms with Crippen molar-refractivity contribution in [3.63, 3.8) is 0 Å². The van der Waals surface area contributed by atoms with Crippen molar-refractivity contribution in [3.05, 3.63) is 24.0 Å². The first kappa shape index (κ1) is 11.9. The van der Waals surface area contributed by atoms with E-state index in [1.807, 2.05) is 24.8 Å². The Morgan fingerprint density at radius 2 is 2.24 bits per heavy atom. The molecule has 1 aliphatic rings. The van der Waals surface area contributed by atoms with Gasteiger partial charge in [0.2, 0.25) is 0 Å². The predicted molar refractivity (Wildman–Crippen MR) is 64.8 cm³/mol. The second-order valence-electron chi connectivity index (χ2n) is 4.88. The molecular formula is C12H17N3O2. The Bertz CT molecular complexity index is 439. The van der Waals surface area contributed by atoms with Crippen LogP contribution >= 0.6 is 0 Å². The number of aromatic nitrogens is 1. The van der Waals surface area contributed by atoms with Gasteiger partial charge in [0.15, 0.2) is 0 Å². The van der Waals surface area contributed by atoms with Crippen LogP contribution in [0.25, 0.3) is 0 Å². The summed E-state index contributed by atoms with van der Waals surface area (Å²) in [6, 6.07) is 3.47. The fourth-order valence-corrected chi connectivity index (χ4v) is 1.91. The van der Waals surface area contributed by atoms with Crippen molar-refractivity contribution < 1.29 is 9.90 Å². The zero-order valence-electron chi connectivity index (χ0n) is 10.1. The highest BCUT2D eigenvalue weighted by atomic mass is 16.3. The van der Waals surface area contributed by atoms with Gasteiger partial charge in [-0.25, -0.2) is 0 Å². The van der Waals surface area contributed by atoms with Gasteiger partial charge in [0.05, 0.1) is 0 Å². The van der Waals surface area contributed by atoms with Crippen LogP contribution in [0.1, 0.15) is 24.3 Å². The molecule has 0 aliphatic carbocycles. The molecule has 1 aromatic heterocycles. The van der Waals surface area contributed by atoms with E-state index in [0.717, 1.165) is 5.69 Å². The summed E-state index contributed by atoms with van der Waals surface area (Å²) in [4.78, 5) is 16.9. The molecule has 0 radical (unpaired) electrons. The second kappa shape index (κ2) is 4.00. The molecular weight excluding hydrogens is 218 g/mol. The van der Waals surface area contributed by atoms with Crippen LogP contribution in [0.2, 0.25) is 0 Å². The number of hydrogen-bond donors (Lipinski definition) is 2. The number of primary amides is 1. The number of nitrogens with two attached hydrogens (primary N) is 1. The van der Waals surface area contributed by atoms with Gasteiger partial charge in [0.1, 0.15) is 11.3 Å². The van der Waals surface area contributed by atoms with Gasteiger partial charge in [-0.1, -0.05) is 13.8 Å². The maximum atomic E-state index is 11.0. The number of aliphatic hydroxyl groups is 1. The molecule has 5 nitrogen and oxygen atoms in total. The molecule has 0 aromatic carbocycles. The van der Waals surface area contributed by atoms with E-state index in [-0.39, 0.29) is 11.6 Å². The first-order chi connectivity index (χ1) is 7.92. The van der Waals surface area contributed by atoms with Crippen LogP contribution in [-0.4, -0.2) is 34.7 Å². The van der Waals surface area contributed by atoms with E-state index >= 15 is 0 Å². The molecule has 0 unspecified atom stereocenters. The predicted octanol–water partition coefficient (Wildman–Crippen LogP) is 0.388. The van der Waals surface area contributed by atoms with Crippen molar-refractivity contribution in [1.82, 2.24) is 4.98 Å². The minimum atomic E-state index is -0.629. The number of carbonyl (C=O) groups is 1. The zero-order chi connectivity index (χ0) is 12.6. The van der Waals surface area contributed by atoms with Gasteiger partial charge in [-0.3, -0.25) is 9.78 Å². The van der Waals surface area contributed by atoms with E-state index in [2.05, 4.69) is 4.98 Å². The molecule has 3 N–H and O–H groups in total. The summed E-state index contributed by atoms with van der Waals surface area (Å²) in [5.41, 5.74) is 5.67. The van der Waals surface area contributed by atoms with Gasteiger partial charge >= 0.3 is 0 Å². The van der Waals surface area contributed by atoms with Crippen molar-refractivity contribution in [2.24, 2.45) is 11.7 Å². The number of anilines is 1. The van der Waals surface area contributed by atoms with Gasteiger partial charge in [-0.2, -0.15) is 0 Å². The molecule has 92 valence electrons. The summed E-state index contributed by atoms with van der Waals surface area (Å²) < 4.78 is 0. The molecule has 0 bridgehead atoms. The highest BCUT2D eigenvalue weighted by Gasteiger charge is 2.43. The Morgan fingerprint density at radius 3 is 2.76 bits per heavy atom. The van der Waals surface area contributed by atoms with E-state index in [9.17, 15) is 9.90 Å². The maximum absolute atomic E-state index is 11.0. The number of rotatable bonds is 3. The third-order valence-corrected chi connectivity index (χ3v) is 3.37. The van der Waals surface area contributed by atoms with E-state index < -0.39 is 11.5 Å². The van der Waals surface area contributed by atoms with Crippen LogP contribution in [0.15, 0.2) is 18.3 Å². The van der Waals surface area contributed by atoms with Crippen molar-refractivity contribution in [3.8, 4) is 0 Å². The molecule has 17 heavy (non-hydrogen) atoms. The van der Waals surface area contributed by atoms with E-state index in [4.69, 9.17) is 5.73 Å². The quantitative estimate of drug-likeness (QED) is 0.794. The molecule has 5 heteroatoms. The Labute approximate surface area is 100 Å². The monoisotopic (exact) mass is 235 g/mol. The normalized spacial score (nSPS) is 18.0. The van der Waals surface area contributed by atoms with Crippen molar-refractivity contribution >= 4 is 11.6 Å². The average Bonchev–Trinajstić information content (AvgIpc) is 2.24. The van der Waals surface area contributed by atoms with Gasteiger partial charge in [0, 0.05) is 25.0 Å². The second-order valence-corrected chi connectivity index (χ2v) is 4.88. The first-order valence-corrected chi connectivity index (χ1v) is 5.65. The molecule has 1 saturated heterocycles. The summed E-state index contributed by atoms with van der Waals surface area (Å²) in [6.07, 6.45) is 1.56. The Morgan fingerprint density at radius 1 is 1.59 bits per heavy atom. The molecule has 0 atom stereocenters. The topological polar surface area (TPSA) is 79.4 Å². The SMILES string of the molecule is CC(C)C1(O)CN(c2ccnc(C(N)=O)c2)C1. The van der Waals surface area contributed by atoms with Crippen LogP contribution in [-0.2, 0) is 0 Å². The maximum Gasteiger partial charge on any atom is 0.267 e. The Balaban J connectivity index is 2.11. The largest absolute Gasteiger partial charge is 0.386 e. The third kappa shape index (κ3) is 2.10. The molecule has 0 saturated carbocycles. The number of nitrogens with zero attached hydrogens (tertiary/aromatic N) is 2. The number of amides is 1. The Kier molecular flexibility index (Phi) is 2.79. The third-order valence-electron chi connectivity index (χ3n) is 3.37. The smallest absolute Gasteiger partial charge is 0.267 e. The fourth-order valence-electron chi connectivity index (χ4n) is 1.91. The van der Waals surface area contributed by atoms with Crippen molar-refractivity contribution in [1.29, 1.82) is 0 Å². The van der Waals surface area contributed by atoms with Crippen LogP contribution < -0.4 is 10.6 Å². The number of carbonyl (C=O) groups excluding carboxylic acids is 1. The minimum absolute atomic E-state index is 0.219. The van der Waals surface area contributed by atoms with Gasteiger partial charge in [0.25, 0.3) is 5.91 Å². The molecule has 1 aromatic rings. The lowest BCUT2D eigenvalue weighted by Crippen LogP contribution is -2.64. The molecule has 1 aliphatic heterocycles. The van der Waals surface area contributed by atoms with E-state index in [1.54, 1.807) is 12.3 Å². The highest BCUT2D eigenvalue weighted by Crippen LogP contribution is 2.32. The van der Waals surface area contributed by atoms with Crippen LogP contribution in [0.4, 0.5) is 5.69 Å². The molecule has 2 rings (SSSR count). The standard InChI is InChI=1S/C12H17N3O2/c1-8(2)12(17)6-15(7-12)9-3-4-14-10(5-9)11(13)16/h3-5,8,17H,6-7H2,1-2H3,(H2,13,16). The van der Waals surface area contributed by atoms with Gasteiger partial charge in [-0.05, 0) is 18.1 Å². The lowest BCUT2D eigenvalue weighted by atomic mass is 9.83. The average molecular weight is 235 g/mol. The van der Waals surface area contributed by atoms with Crippen molar-refractivity contribution in [2.75, 3.05) is 18.0 Å². The summed E-state index contributed by atoms with van der Waals surface area (Å²) in [7, 11) is 0. The summed E-state index contributed by atoms with van der Waals surface area (Å²) in [6.45, 7) is 5.15. The summed E-state index contributed by atoms with van der Waals surface area (Å²) >= 11 is 0. The van der Waals surface area contributed by atoms with Gasteiger partial charge < -0.3 is 15.7 Å². The molecule has 2 heterocycles. The minimum Gasteiger partial charge on any atom is -0.386 e.